The first-order valence-corrected chi connectivity index (χ1v) is 11.6. The van der Waals surface area contributed by atoms with E-state index in [0.717, 1.165) is 33.3 Å². The summed E-state index contributed by atoms with van der Waals surface area (Å²) in [6, 6.07) is 32.0. The second kappa shape index (κ2) is 9.81. The Bertz CT molecular complexity index is 1420. The number of benzene rings is 4. The predicted molar refractivity (Wildman–Crippen MR) is 145 cm³/mol. The summed E-state index contributed by atoms with van der Waals surface area (Å²) >= 11 is 5.57. The van der Waals surface area contributed by atoms with E-state index in [4.69, 9.17) is 12.2 Å². The second-order valence-corrected chi connectivity index (χ2v) is 8.56. The van der Waals surface area contributed by atoms with Crippen LogP contribution in [0.15, 0.2) is 114 Å². The van der Waals surface area contributed by atoms with Crippen LogP contribution in [-0.2, 0) is 11.2 Å². The molecule has 0 aliphatic carbocycles. The van der Waals surface area contributed by atoms with Crippen LogP contribution in [0.3, 0.4) is 0 Å². The maximum atomic E-state index is 13.2. The van der Waals surface area contributed by atoms with E-state index in [0.29, 0.717) is 17.2 Å². The topological polar surface area (TPSA) is 53.5 Å². The summed E-state index contributed by atoms with van der Waals surface area (Å²) in [6.07, 6.45) is 4.11. The molecule has 5 rings (SSSR count). The van der Waals surface area contributed by atoms with E-state index in [1.807, 2.05) is 84.9 Å². The maximum absolute atomic E-state index is 13.2. The van der Waals surface area contributed by atoms with Gasteiger partial charge in [-0.05, 0) is 46.9 Å². The summed E-state index contributed by atoms with van der Waals surface area (Å²) < 4.78 is 0. The van der Waals surface area contributed by atoms with Gasteiger partial charge in [0, 0.05) is 29.4 Å². The minimum atomic E-state index is -0.363. The zero-order chi connectivity index (χ0) is 23.3. The smallest absolute Gasteiger partial charge is 0.188 e. The summed E-state index contributed by atoms with van der Waals surface area (Å²) in [5.74, 6) is -0.336. The number of Topliss-reactive ketones (excluding diaryl/α,β-unsaturated/α-hetero) is 1. The molecule has 0 saturated heterocycles. The Morgan fingerprint density at radius 3 is 2.50 bits per heavy atom. The Labute approximate surface area is 204 Å². The SMILES string of the molecule is O=C1C(Cc2ccccc2)=NC=CC1c1cccc(NC(=S)Nc2cccc3ccccc23)c1. The van der Waals surface area contributed by atoms with Gasteiger partial charge in [-0.25, -0.2) is 0 Å². The quantitative estimate of drug-likeness (QED) is 0.333. The van der Waals surface area contributed by atoms with Gasteiger partial charge in [-0.15, -0.1) is 0 Å². The van der Waals surface area contributed by atoms with Gasteiger partial charge in [0.25, 0.3) is 0 Å². The van der Waals surface area contributed by atoms with Gasteiger partial charge in [0.15, 0.2) is 10.9 Å². The molecule has 4 nitrogen and oxygen atoms in total. The summed E-state index contributed by atoms with van der Waals surface area (Å²) in [6.45, 7) is 0. The van der Waals surface area contributed by atoms with Crippen LogP contribution in [0, 0.1) is 0 Å². The van der Waals surface area contributed by atoms with Crippen molar-refractivity contribution in [3.63, 3.8) is 0 Å². The van der Waals surface area contributed by atoms with Crippen molar-refractivity contribution in [1.29, 1.82) is 0 Å². The van der Waals surface area contributed by atoms with Gasteiger partial charge in [0.1, 0.15) is 0 Å². The first-order valence-electron chi connectivity index (χ1n) is 11.1. The van der Waals surface area contributed by atoms with E-state index in [1.54, 1.807) is 6.20 Å². The lowest BCUT2D eigenvalue weighted by molar-refractivity contribution is -0.113. The number of allylic oxidation sites excluding steroid dienone is 1. The van der Waals surface area contributed by atoms with Gasteiger partial charge in [-0.2, -0.15) is 0 Å². The van der Waals surface area contributed by atoms with Crippen LogP contribution in [0.2, 0.25) is 0 Å². The molecule has 1 aliphatic heterocycles. The highest BCUT2D eigenvalue weighted by atomic mass is 32.1. The van der Waals surface area contributed by atoms with E-state index in [2.05, 4.69) is 33.8 Å². The molecule has 0 radical (unpaired) electrons. The van der Waals surface area contributed by atoms with Crippen LogP contribution in [0.25, 0.3) is 10.8 Å². The molecule has 1 atom stereocenters. The zero-order valence-corrected chi connectivity index (χ0v) is 19.3. The number of anilines is 2. The van der Waals surface area contributed by atoms with Crippen LogP contribution in [0.1, 0.15) is 17.0 Å². The average molecular weight is 462 g/mol. The molecule has 166 valence electrons. The Hall–Kier alpha value is -4.09. The number of aliphatic imine (C=N–C) groups is 1. The van der Waals surface area contributed by atoms with Crippen molar-refractivity contribution >= 4 is 51.0 Å². The lowest BCUT2D eigenvalue weighted by atomic mass is 9.88. The third kappa shape index (κ3) is 4.80. The molecule has 5 heteroatoms. The van der Waals surface area contributed by atoms with Crippen LogP contribution in [0.5, 0.6) is 0 Å². The molecule has 0 bridgehead atoms. The first-order chi connectivity index (χ1) is 16.7. The van der Waals surface area contributed by atoms with Crippen molar-refractivity contribution in [3.8, 4) is 0 Å². The Balaban J connectivity index is 1.30. The van der Waals surface area contributed by atoms with Crippen LogP contribution in [0.4, 0.5) is 11.4 Å². The predicted octanol–water partition coefficient (Wildman–Crippen LogP) is 6.51. The molecule has 2 N–H and O–H groups in total. The Morgan fingerprint density at radius 2 is 1.62 bits per heavy atom. The summed E-state index contributed by atoms with van der Waals surface area (Å²) in [7, 11) is 0. The van der Waals surface area contributed by atoms with Crippen molar-refractivity contribution in [2.24, 2.45) is 4.99 Å². The van der Waals surface area contributed by atoms with Gasteiger partial charge < -0.3 is 10.6 Å². The Kier molecular flexibility index (Phi) is 6.27. The number of nitrogens with zero attached hydrogens (tertiary/aromatic N) is 1. The number of thiocarbonyl (C=S) groups is 1. The lowest BCUT2D eigenvalue weighted by Crippen LogP contribution is -2.25. The van der Waals surface area contributed by atoms with E-state index in [1.165, 1.54) is 0 Å². The fourth-order valence-corrected chi connectivity index (χ4v) is 4.39. The normalized spacial score (nSPS) is 15.1. The van der Waals surface area contributed by atoms with E-state index in [-0.39, 0.29) is 11.7 Å². The molecule has 1 heterocycles. The largest absolute Gasteiger partial charge is 0.332 e. The number of fused-ring (bicyclic) bond motifs is 1. The van der Waals surface area contributed by atoms with Crippen LogP contribution >= 0.6 is 12.2 Å². The molecule has 1 unspecified atom stereocenters. The molecular weight excluding hydrogens is 438 g/mol. The highest BCUT2D eigenvalue weighted by molar-refractivity contribution is 7.80. The number of hydrogen-bond donors (Lipinski definition) is 2. The minimum absolute atomic E-state index is 0.0277. The highest BCUT2D eigenvalue weighted by Crippen LogP contribution is 2.26. The van der Waals surface area contributed by atoms with Crippen LogP contribution < -0.4 is 10.6 Å². The summed E-state index contributed by atoms with van der Waals surface area (Å²) in [5.41, 5.74) is 4.32. The number of carbonyl (C=O) groups is 1. The fraction of sp³-hybridized carbons (Fsp3) is 0.0690. The molecule has 34 heavy (non-hydrogen) atoms. The number of carbonyl (C=O) groups excluding carboxylic acids is 1. The zero-order valence-electron chi connectivity index (χ0n) is 18.4. The molecule has 0 spiro atoms. The van der Waals surface area contributed by atoms with E-state index in [9.17, 15) is 4.79 Å². The van der Waals surface area contributed by atoms with E-state index >= 15 is 0 Å². The third-order valence-corrected chi connectivity index (χ3v) is 6.04. The molecule has 0 aromatic heterocycles. The molecule has 4 aromatic rings. The molecule has 0 amide bonds. The molecule has 4 aromatic carbocycles. The first kappa shape index (κ1) is 21.7. The van der Waals surface area contributed by atoms with Crippen molar-refractivity contribution < 1.29 is 4.79 Å². The average Bonchev–Trinajstić information content (AvgIpc) is 2.86. The molecule has 0 fully saturated rings. The lowest BCUT2D eigenvalue weighted by Gasteiger charge is -2.18. The highest BCUT2D eigenvalue weighted by Gasteiger charge is 2.25. The number of nitrogens with one attached hydrogen (secondary N) is 2. The molecule has 1 aliphatic rings. The Morgan fingerprint density at radius 1 is 0.853 bits per heavy atom. The van der Waals surface area contributed by atoms with Gasteiger partial charge in [0.2, 0.25) is 0 Å². The number of rotatable bonds is 5. The van der Waals surface area contributed by atoms with Gasteiger partial charge in [-0.3, -0.25) is 9.79 Å². The maximum Gasteiger partial charge on any atom is 0.188 e. The van der Waals surface area contributed by atoms with Crippen LogP contribution in [-0.4, -0.2) is 16.6 Å². The van der Waals surface area contributed by atoms with Gasteiger partial charge in [0.05, 0.1) is 11.6 Å². The number of hydrogen-bond acceptors (Lipinski definition) is 3. The van der Waals surface area contributed by atoms with Crippen molar-refractivity contribution in [2.45, 2.75) is 12.3 Å². The van der Waals surface area contributed by atoms with Crippen molar-refractivity contribution in [2.75, 3.05) is 10.6 Å². The van der Waals surface area contributed by atoms with Gasteiger partial charge >= 0.3 is 0 Å². The standard InChI is InChI=1S/C29H23N3OS/c33-28-25(16-17-30-27(28)18-20-8-2-1-3-9-20)22-12-6-13-23(19-22)31-29(34)32-26-15-7-11-21-10-4-5-14-24(21)26/h1-17,19,25H,18H2,(H2,31,32,34). The molecular formula is C29H23N3OS. The number of ketones is 1. The van der Waals surface area contributed by atoms with Crippen molar-refractivity contribution in [1.82, 2.24) is 0 Å². The van der Waals surface area contributed by atoms with Gasteiger partial charge in [-0.1, -0.05) is 84.9 Å². The third-order valence-electron chi connectivity index (χ3n) is 5.83. The monoisotopic (exact) mass is 461 g/mol. The van der Waals surface area contributed by atoms with E-state index < -0.39 is 0 Å². The van der Waals surface area contributed by atoms with Crippen molar-refractivity contribution in [3.05, 3.63) is 120 Å². The summed E-state index contributed by atoms with van der Waals surface area (Å²) in [4.78, 5) is 17.6. The fourth-order valence-electron chi connectivity index (χ4n) is 4.16. The summed E-state index contributed by atoms with van der Waals surface area (Å²) in [5, 5.41) is 9.29. The molecule has 0 saturated carbocycles. The second-order valence-electron chi connectivity index (χ2n) is 8.15. The minimum Gasteiger partial charge on any atom is -0.332 e.